The van der Waals surface area contributed by atoms with Crippen molar-refractivity contribution in [2.75, 3.05) is 26.2 Å². The molecule has 2 rings (SSSR count). The third kappa shape index (κ3) is 2.96. The van der Waals surface area contributed by atoms with E-state index >= 15 is 0 Å². The van der Waals surface area contributed by atoms with E-state index in [1.807, 2.05) is 12.1 Å². The molecule has 1 aromatic heterocycles. The van der Waals surface area contributed by atoms with E-state index in [4.69, 9.17) is 4.74 Å². The molecule has 2 aromatic rings. The highest BCUT2D eigenvalue weighted by molar-refractivity contribution is 7.13. The second-order valence-electron chi connectivity index (χ2n) is 4.04. The SMILES string of the molecule is CC[NH+](CC)CCOc1nsc2ccccc12. The highest BCUT2D eigenvalue weighted by atomic mass is 32.1. The molecule has 0 spiro atoms. The van der Waals surface area contributed by atoms with Crippen molar-refractivity contribution in [3.63, 3.8) is 0 Å². The Labute approximate surface area is 106 Å². The van der Waals surface area contributed by atoms with Crippen LogP contribution in [-0.2, 0) is 0 Å². The lowest BCUT2D eigenvalue weighted by molar-refractivity contribution is -0.896. The molecule has 0 saturated carbocycles. The Hall–Kier alpha value is -1.13. The van der Waals surface area contributed by atoms with Crippen LogP contribution in [0.3, 0.4) is 0 Å². The molecule has 0 fully saturated rings. The molecule has 0 bridgehead atoms. The van der Waals surface area contributed by atoms with E-state index in [-0.39, 0.29) is 0 Å². The molecule has 92 valence electrons. The molecule has 0 radical (unpaired) electrons. The van der Waals surface area contributed by atoms with Crippen LogP contribution in [0.2, 0.25) is 0 Å². The van der Waals surface area contributed by atoms with Crippen molar-refractivity contribution in [3.05, 3.63) is 24.3 Å². The van der Waals surface area contributed by atoms with Gasteiger partial charge in [0.15, 0.2) is 0 Å². The lowest BCUT2D eigenvalue weighted by atomic mass is 10.3. The van der Waals surface area contributed by atoms with Crippen LogP contribution in [-0.4, -0.2) is 30.6 Å². The van der Waals surface area contributed by atoms with Gasteiger partial charge in [0.2, 0.25) is 5.88 Å². The fraction of sp³-hybridized carbons (Fsp3) is 0.462. The lowest BCUT2D eigenvalue weighted by Crippen LogP contribution is -3.12. The maximum absolute atomic E-state index is 5.77. The number of likely N-dealkylation sites (N-methyl/N-ethyl adjacent to an activating group) is 1. The van der Waals surface area contributed by atoms with Crippen LogP contribution in [0.25, 0.3) is 10.1 Å². The monoisotopic (exact) mass is 251 g/mol. The van der Waals surface area contributed by atoms with Gasteiger partial charge >= 0.3 is 0 Å². The Morgan fingerprint density at radius 2 is 2.00 bits per heavy atom. The molecule has 0 aliphatic rings. The molecule has 0 unspecified atom stereocenters. The van der Waals surface area contributed by atoms with Gasteiger partial charge < -0.3 is 9.64 Å². The van der Waals surface area contributed by atoms with Gasteiger partial charge in [-0.2, -0.15) is 4.37 Å². The van der Waals surface area contributed by atoms with Crippen molar-refractivity contribution < 1.29 is 9.64 Å². The van der Waals surface area contributed by atoms with Crippen LogP contribution in [0.5, 0.6) is 5.88 Å². The number of nitrogens with one attached hydrogen (secondary N) is 1. The van der Waals surface area contributed by atoms with Gasteiger partial charge in [0.25, 0.3) is 0 Å². The van der Waals surface area contributed by atoms with Gasteiger partial charge in [-0.25, -0.2) is 0 Å². The maximum Gasteiger partial charge on any atom is 0.233 e. The molecule has 3 nitrogen and oxygen atoms in total. The second kappa shape index (κ2) is 5.98. The van der Waals surface area contributed by atoms with Crippen LogP contribution in [0, 0.1) is 0 Å². The van der Waals surface area contributed by atoms with Crippen LogP contribution in [0.15, 0.2) is 24.3 Å². The molecule has 17 heavy (non-hydrogen) atoms. The first-order valence-electron chi connectivity index (χ1n) is 6.16. The minimum Gasteiger partial charge on any atom is -0.471 e. The standard InChI is InChI=1S/C13H18N2OS/c1-3-15(4-2)9-10-16-13-11-7-5-6-8-12(11)17-14-13/h5-8H,3-4,9-10H2,1-2H3/p+1. The first kappa shape index (κ1) is 12.3. The highest BCUT2D eigenvalue weighted by Crippen LogP contribution is 2.27. The normalized spacial score (nSPS) is 11.2. The number of quaternary nitrogens is 1. The van der Waals surface area contributed by atoms with Gasteiger partial charge in [-0.1, -0.05) is 12.1 Å². The van der Waals surface area contributed by atoms with Crippen molar-refractivity contribution in [2.45, 2.75) is 13.8 Å². The van der Waals surface area contributed by atoms with Crippen molar-refractivity contribution in [2.24, 2.45) is 0 Å². The third-order valence-electron chi connectivity index (χ3n) is 3.04. The van der Waals surface area contributed by atoms with Gasteiger partial charge in [-0.3, -0.25) is 0 Å². The van der Waals surface area contributed by atoms with E-state index in [0.717, 1.165) is 37.5 Å². The van der Waals surface area contributed by atoms with E-state index < -0.39 is 0 Å². The molecule has 0 atom stereocenters. The quantitative estimate of drug-likeness (QED) is 0.844. The Balaban J connectivity index is 1.95. The molecule has 0 aliphatic carbocycles. The molecule has 1 N–H and O–H groups in total. The van der Waals surface area contributed by atoms with Gasteiger partial charge in [-0.05, 0) is 37.5 Å². The average Bonchev–Trinajstić information content (AvgIpc) is 2.78. The number of hydrogen-bond acceptors (Lipinski definition) is 3. The molecule has 0 saturated heterocycles. The summed E-state index contributed by atoms with van der Waals surface area (Å²) in [5.41, 5.74) is 0. The van der Waals surface area contributed by atoms with Crippen molar-refractivity contribution in [1.29, 1.82) is 0 Å². The number of fused-ring (bicyclic) bond motifs is 1. The van der Waals surface area contributed by atoms with Crippen molar-refractivity contribution in [3.8, 4) is 5.88 Å². The maximum atomic E-state index is 5.77. The molecule has 1 heterocycles. The van der Waals surface area contributed by atoms with E-state index in [1.165, 1.54) is 16.2 Å². The van der Waals surface area contributed by atoms with Crippen LogP contribution in [0.4, 0.5) is 0 Å². The van der Waals surface area contributed by atoms with Gasteiger partial charge in [0.1, 0.15) is 13.2 Å². The summed E-state index contributed by atoms with van der Waals surface area (Å²) in [5, 5.41) is 1.13. The minimum absolute atomic E-state index is 0.741. The zero-order valence-corrected chi connectivity index (χ0v) is 11.2. The fourth-order valence-corrected chi connectivity index (χ4v) is 2.59. The van der Waals surface area contributed by atoms with E-state index in [0.29, 0.717) is 0 Å². The summed E-state index contributed by atoms with van der Waals surface area (Å²) < 4.78 is 11.3. The zero-order chi connectivity index (χ0) is 12.1. The fourth-order valence-electron chi connectivity index (χ4n) is 1.86. The highest BCUT2D eigenvalue weighted by Gasteiger charge is 2.08. The van der Waals surface area contributed by atoms with Gasteiger partial charge in [0.05, 0.1) is 23.2 Å². The lowest BCUT2D eigenvalue weighted by Gasteiger charge is -2.14. The number of ether oxygens (including phenoxy) is 1. The first-order chi connectivity index (χ1) is 8.35. The third-order valence-corrected chi connectivity index (χ3v) is 3.85. The van der Waals surface area contributed by atoms with Crippen LogP contribution >= 0.6 is 11.5 Å². The van der Waals surface area contributed by atoms with E-state index in [1.54, 1.807) is 4.90 Å². The molecular weight excluding hydrogens is 232 g/mol. The van der Waals surface area contributed by atoms with Gasteiger partial charge in [-0.15, -0.1) is 0 Å². The number of nitrogens with zero attached hydrogens (tertiary/aromatic N) is 1. The Morgan fingerprint density at radius 1 is 1.24 bits per heavy atom. The number of benzene rings is 1. The number of aromatic nitrogens is 1. The van der Waals surface area contributed by atoms with Crippen LogP contribution in [0.1, 0.15) is 13.8 Å². The summed E-state index contributed by atoms with van der Waals surface area (Å²) in [6.07, 6.45) is 0. The molecular formula is C13H19N2OS+. The summed E-state index contributed by atoms with van der Waals surface area (Å²) in [7, 11) is 0. The Kier molecular flexibility index (Phi) is 4.34. The van der Waals surface area contributed by atoms with E-state index in [2.05, 4.69) is 30.4 Å². The topological polar surface area (TPSA) is 26.6 Å². The van der Waals surface area contributed by atoms with E-state index in [9.17, 15) is 0 Å². The van der Waals surface area contributed by atoms with Crippen molar-refractivity contribution >= 4 is 21.6 Å². The summed E-state index contributed by atoms with van der Waals surface area (Å²) >= 11 is 1.50. The number of rotatable bonds is 6. The zero-order valence-electron chi connectivity index (χ0n) is 10.4. The van der Waals surface area contributed by atoms with Crippen molar-refractivity contribution in [1.82, 2.24) is 4.37 Å². The minimum atomic E-state index is 0.741. The average molecular weight is 251 g/mol. The second-order valence-corrected chi connectivity index (χ2v) is 4.84. The smallest absolute Gasteiger partial charge is 0.233 e. The van der Waals surface area contributed by atoms with Gasteiger partial charge in [0, 0.05) is 0 Å². The summed E-state index contributed by atoms with van der Waals surface area (Å²) in [4.78, 5) is 1.56. The number of hydrogen-bond donors (Lipinski definition) is 1. The Bertz CT molecular complexity index is 465. The summed E-state index contributed by atoms with van der Waals surface area (Å²) in [6, 6.07) is 8.21. The summed E-state index contributed by atoms with van der Waals surface area (Å²) in [5.74, 6) is 0.789. The predicted molar refractivity (Wildman–Crippen MR) is 72.0 cm³/mol. The molecule has 0 amide bonds. The molecule has 4 heteroatoms. The molecule has 0 aliphatic heterocycles. The Morgan fingerprint density at radius 3 is 2.76 bits per heavy atom. The first-order valence-corrected chi connectivity index (χ1v) is 6.93. The summed E-state index contributed by atoms with van der Waals surface area (Å²) in [6.45, 7) is 8.49. The van der Waals surface area contributed by atoms with Crippen LogP contribution < -0.4 is 9.64 Å². The molecule has 1 aromatic carbocycles. The largest absolute Gasteiger partial charge is 0.471 e. The predicted octanol–water partition coefficient (Wildman–Crippen LogP) is 1.60.